The van der Waals surface area contributed by atoms with Gasteiger partial charge in [-0.2, -0.15) is 0 Å². The Kier molecular flexibility index (Phi) is 5.19. The number of nitrogens with one attached hydrogen (secondary N) is 2. The summed E-state index contributed by atoms with van der Waals surface area (Å²) >= 11 is 0. The van der Waals surface area contributed by atoms with E-state index in [0.29, 0.717) is 18.8 Å². The van der Waals surface area contributed by atoms with Crippen LogP contribution in [0.15, 0.2) is 85.1 Å². The van der Waals surface area contributed by atoms with Gasteiger partial charge in [-0.05, 0) is 42.5 Å². The van der Waals surface area contributed by atoms with Crippen molar-refractivity contribution in [3.63, 3.8) is 0 Å². The molecule has 0 radical (unpaired) electrons. The van der Waals surface area contributed by atoms with Gasteiger partial charge in [0.25, 0.3) is 0 Å². The Balaban J connectivity index is 1.20. The minimum atomic E-state index is -0.0867. The summed E-state index contributed by atoms with van der Waals surface area (Å²) in [6.45, 7) is 2.95. The molecule has 1 aromatic heterocycles. The highest BCUT2D eigenvalue weighted by Crippen LogP contribution is 2.27. The monoisotopic (exact) mass is 412 g/mol. The highest BCUT2D eigenvalue weighted by Gasteiger charge is 2.22. The van der Waals surface area contributed by atoms with Crippen LogP contribution in [-0.2, 0) is 0 Å². The third kappa shape index (κ3) is 4.19. The molecule has 1 aliphatic heterocycles. The molecule has 2 amide bonds. The molecule has 2 N–H and O–H groups in total. The summed E-state index contributed by atoms with van der Waals surface area (Å²) in [5.41, 5.74) is 3.07. The number of benzene rings is 3. The number of H-pyrrole nitrogens is 1. The van der Waals surface area contributed by atoms with Gasteiger partial charge in [0, 0.05) is 60.7 Å². The highest BCUT2D eigenvalue weighted by atomic mass is 16.5. The molecule has 3 aromatic carbocycles. The van der Waals surface area contributed by atoms with E-state index < -0.39 is 0 Å². The third-order valence-corrected chi connectivity index (χ3v) is 5.54. The lowest BCUT2D eigenvalue weighted by molar-refractivity contribution is 0.208. The van der Waals surface area contributed by atoms with Gasteiger partial charge in [0.05, 0.1) is 0 Å². The average molecular weight is 412 g/mol. The summed E-state index contributed by atoms with van der Waals surface area (Å²) in [5.74, 6) is 1.45. The number of para-hydroxylation sites is 1. The number of amides is 2. The van der Waals surface area contributed by atoms with Crippen molar-refractivity contribution >= 4 is 28.3 Å². The van der Waals surface area contributed by atoms with Crippen LogP contribution in [0.2, 0.25) is 0 Å². The van der Waals surface area contributed by atoms with Crippen molar-refractivity contribution in [2.75, 3.05) is 36.4 Å². The molecule has 6 nitrogen and oxygen atoms in total. The molecule has 5 rings (SSSR count). The Morgan fingerprint density at radius 2 is 1.61 bits per heavy atom. The predicted molar refractivity (Wildman–Crippen MR) is 124 cm³/mol. The zero-order chi connectivity index (χ0) is 21.0. The molecule has 0 saturated carbocycles. The number of hydrogen-bond acceptors (Lipinski definition) is 3. The first kappa shape index (κ1) is 19.1. The van der Waals surface area contributed by atoms with E-state index in [9.17, 15) is 4.79 Å². The van der Waals surface area contributed by atoms with E-state index in [4.69, 9.17) is 4.74 Å². The maximum absolute atomic E-state index is 12.8. The van der Waals surface area contributed by atoms with Crippen molar-refractivity contribution in [3.8, 4) is 11.5 Å². The van der Waals surface area contributed by atoms with Crippen LogP contribution in [0.4, 0.5) is 16.2 Å². The second kappa shape index (κ2) is 8.44. The molecular weight excluding hydrogens is 388 g/mol. The van der Waals surface area contributed by atoms with Crippen molar-refractivity contribution in [2.24, 2.45) is 0 Å². The van der Waals surface area contributed by atoms with Crippen LogP contribution in [-0.4, -0.2) is 42.1 Å². The lowest BCUT2D eigenvalue weighted by Gasteiger charge is -2.36. The minimum absolute atomic E-state index is 0.0867. The van der Waals surface area contributed by atoms with E-state index in [2.05, 4.69) is 39.5 Å². The number of aromatic nitrogens is 1. The fourth-order valence-corrected chi connectivity index (χ4v) is 3.96. The lowest BCUT2D eigenvalue weighted by Crippen LogP contribution is -2.50. The summed E-state index contributed by atoms with van der Waals surface area (Å²) in [4.78, 5) is 20.3. The number of nitrogens with zero attached hydrogens (tertiary/aromatic N) is 2. The Morgan fingerprint density at radius 3 is 2.45 bits per heavy atom. The van der Waals surface area contributed by atoms with Gasteiger partial charge in [-0.1, -0.05) is 30.3 Å². The van der Waals surface area contributed by atoms with E-state index >= 15 is 0 Å². The molecule has 1 fully saturated rings. The van der Waals surface area contributed by atoms with Gasteiger partial charge < -0.3 is 24.8 Å². The largest absolute Gasteiger partial charge is 0.457 e. The van der Waals surface area contributed by atoms with Gasteiger partial charge in [-0.3, -0.25) is 0 Å². The quantitative estimate of drug-likeness (QED) is 0.477. The Labute approximate surface area is 181 Å². The van der Waals surface area contributed by atoms with Gasteiger partial charge in [0.2, 0.25) is 0 Å². The van der Waals surface area contributed by atoms with E-state index in [1.165, 1.54) is 11.1 Å². The van der Waals surface area contributed by atoms with Gasteiger partial charge in [0.1, 0.15) is 11.5 Å². The van der Waals surface area contributed by atoms with Crippen molar-refractivity contribution in [1.29, 1.82) is 0 Å². The summed E-state index contributed by atoms with van der Waals surface area (Å²) < 4.78 is 5.86. The van der Waals surface area contributed by atoms with Gasteiger partial charge in [-0.15, -0.1) is 0 Å². The number of carbonyl (C=O) groups excluding carboxylic acids is 1. The number of anilines is 2. The number of hydrogen-bond donors (Lipinski definition) is 2. The van der Waals surface area contributed by atoms with Crippen LogP contribution in [0.3, 0.4) is 0 Å². The fourth-order valence-electron chi connectivity index (χ4n) is 3.96. The first-order chi connectivity index (χ1) is 15.3. The molecular formula is C25H24N4O2. The number of piperazine rings is 1. The number of carbonyl (C=O) groups is 1. The van der Waals surface area contributed by atoms with Crippen molar-refractivity contribution in [2.45, 2.75) is 0 Å². The smallest absolute Gasteiger partial charge is 0.321 e. The van der Waals surface area contributed by atoms with Gasteiger partial charge in [0.15, 0.2) is 0 Å². The summed E-state index contributed by atoms with van der Waals surface area (Å²) in [5, 5.41) is 4.22. The number of urea groups is 1. The fraction of sp³-hybridized carbons (Fsp3) is 0.160. The first-order valence-electron chi connectivity index (χ1n) is 10.5. The summed E-state index contributed by atoms with van der Waals surface area (Å²) in [6.07, 6.45) is 1.97. The van der Waals surface area contributed by atoms with Crippen molar-refractivity contribution < 1.29 is 9.53 Å². The molecule has 1 aliphatic rings. The SMILES string of the molecule is O=C(Nc1cccc(Oc2ccccc2)c1)N1CCN(c2cccc3[nH]ccc23)CC1. The molecule has 0 bridgehead atoms. The topological polar surface area (TPSA) is 60.6 Å². The number of aromatic amines is 1. The molecule has 4 aromatic rings. The number of rotatable bonds is 4. The van der Waals surface area contributed by atoms with Crippen LogP contribution in [0.1, 0.15) is 0 Å². The zero-order valence-electron chi connectivity index (χ0n) is 17.1. The van der Waals surface area contributed by atoms with E-state index in [1.807, 2.05) is 65.7 Å². The Bertz CT molecular complexity index is 1180. The van der Waals surface area contributed by atoms with Crippen LogP contribution in [0.5, 0.6) is 11.5 Å². The maximum Gasteiger partial charge on any atom is 0.321 e. The van der Waals surface area contributed by atoms with E-state index in [1.54, 1.807) is 0 Å². The first-order valence-corrected chi connectivity index (χ1v) is 10.5. The molecule has 0 unspecified atom stereocenters. The molecule has 0 aliphatic carbocycles. The standard InChI is InChI=1S/C25H24N4O2/c30-25(27-19-6-4-9-21(18-19)31-20-7-2-1-3-8-20)29-16-14-28(15-17-29)24-11-5-10-23-22(24)12-13-26-23/h1-13,18,26H,14-17H2,(H,27,30). The van der Waals surface area contributed by atoms with E-state index in [-0.39, 0.29) is 6.03 Å². The molecule has 156 valence electrons. The second-order valence-electron chi connectivity index (χ2n) is 7.56. The zero-order valence-corrected chi connectivity index (χ0v) is 17.1. The molecule has 0 spiro atoms. The van der Waals surface area contributed by atoms with Crippen molar-refractivity contribution in [3.05, 3.63) is 85.1 Å². The Morgan fingerprint density at radius 1 is 0.839 bits per heavy atom. The minimum Gasteiger partial charge on any atom is -0.457 e. The molecule has 0 atom stereocenters. The maximum atomic E-state index is 12.8. The average Bonchev–Trinajstić information content (AvgIpc) is 3.29. The van der Waals surface area contributed by atoms with E-state index in [0.717, 1.165) is 30.0 Å². The lowest BCUT2D eigenvalue weighted by atomic mass is 10.2. The van der Waals surface area contributed by atoms with Crippen LogP contribution >= 0.6 is 0 Å². The number of ether oxygens (including phenoxy) is 1. The third-order valence-electron chi connectivity index (χ3n) is 5.54. The van der Waals surface area contributed by atoms with Crippen LogP contribution in [0.25, 0.3) is 10.9 Å². The van der Waals surface area contributed by atoms with Gasteiger partial charge >= 0.3 is 6.03 Å². The predicted octanol–water partition coefficient (Wildman–Crippen LogP) is 5.31. The van der Waals surface area contributed by atoms with Crippen molar-refractivity contribution in [1.82, 2.24) is 9.88 Å². The number of fused-ring (bicyclic) bond motifs is 1. The molecule has 31 heavy (non-hydrogen) atoms. The van der Waals surface area contributed by atoms with Crippen LogP contribution in [0, 0.1) is 0 Å². The molecule has 6 heteroatoms. The second-order valence-corrected chi connectivity index (χ2v) is 7.56. The summed E-state index contributed by atoms with van der Waals surface area (Å²) in [7, 11) is 0. The normalized spacial score (nSPS) is 13.9. The van der Waals surface area contributed by atoms with Crippen LogP contribution < -0.4 is 15.0 Å². The molecule has 1 saturated heterocycles. The molecule has 2 heterocycles. The highest BCUT2D eigenvalue weighted by molar-refractivity contribution is 5.93. The van der Waals surface area contributed by atoms with Gasteiger partial charge in [-0.25, -0.2) is 4.79 Å². The summed E-state index contributed by atoms with van der Waals surface area (Å²) in [6, 6.07) is 25.4. The Hall–Kier alpha value is -3.93.